The van der Waals surface area contributed by atoms with Gasteiger partial charge in [-0.05, 0) is 51.0 Å². The average molecular weight is 365 g/mol. The first kappa shape index (κ1) is 20.7. The molecule has 140 valence electrons. The van der Waals surface area contributed by atoms with E-state index in [1.807, 2.05) is 0 Å². The van der Waals surface area contributed by atoms with E-state index in [4.69, 9.17) is 9.84 Å². The molecule has 1 atom stereocenters. The van der Waals surface area contributed by atoms with E-state index in [0.717, 1.165) is 0 Å². The fraction of sp³-hybridized carbons (Fsp3) is 0.500. The number of carbonyl (C=O) groups is 2. The molecule has 0 saturated carbocycles. The van der Waals surface area contributed by atoms with Gasteiger partial charge in [-0.1, -0.05) is 0 Å². The first-order chi connectivity index (χ1) is 11.3. The molecule has 5 nitrogen and oxygen atoms in total. The topological polar surface area (TPSA) is 75.6 Å². The molecule has 2 N–H and O–H groups in total. The number of aliphatic carboxylic acids is 1. The number of amides is 1. The molecule has 25 heavy (non-hydrogen) atoms. The zero-order chi connectivity index (χ0) is 19.4. The second kappa shape index (κ2) is 7.71. The van der Waals surface area contributed by atoms with Crippen molar-refractivity contribution in [1.29, 1.82) is 0 Å². The van der Waals surface area contributed by atoms with E-state index in [-0.39, 0.29) is 5.56 Å². The van der Waals surface area contributed by atoms with Crippen LogP contribution in [0.2, 0.25) is 0 Å². The second-order valence-corrected chi connectivity index (χ2v) is 6.45. The SMILES string of the molecule is CC(C)(C)OC(=O)N[C@@H](CC(=O)O)Cc1cc(C(F)(F)F)ccc1F. The maximum absolute atomic E-state index is 13.8. The molecule has 0 aliphatic carbocycles. The highest BCUT2D eigenvalue weighted by Gasteiger charge is 2.31. The summed E-state index contributed by atoms with van der Waals surface area (Å²) in [6.07, 6.45) is -6.63. The predicted octanol–water partition coefficient (Wildman–Crippen LogP) is 3.76. The van der Waals surface area contributed by atoms with Crippen LogP contribution < -0.4 is 5.32 Å². The average Bonchev–Trinajstić information content (AvgIpc) is 2.36. The first-order valence-corrected chi connectivity index (χ1v) is 7.35. The molecule has 0 aliphatic heterocycles. The third kappa shape index (κ3) is 7.40. The smallest absolute Gasteiger partial charge is 0.416 e. The number of rotatable bonds is 5. The van der Waals surface area contributed by atoms with Gasteiger partial charge in [0.2, 0.25) is 0 Å². The Morgan fingerprint density at radius 2 is 1.84 bits per heavy atom. The third-order valence-corrected chi connectivity index (χ3v) is 2.98. The number of ether oxygens (including phenoxy) is 1. The molecule has 0 bridgehead atoms. The number of carboxylic acid groups (broad SMARTS) is 1. The number of alkyl carbamates (subject to hydrolysis) is 1. The normalized spacial score (nSPS) is 13.2. The largest absolute Gasteiger partial charge is 0.481 e. The summed E-state index contributed by atoms with van der Waals surface area (Å²) in [5.41, 5.74) is -2.26. The summed E-state index contributed by atoms with van der Waals surface area (Å²) >= 11 is 0. The lowest BCUT2D eigenvalue weighted by atomic mass is 10.0. The first-order valence-electron chi connectivity index (χ1n) is 7.35. The van der Waals surface area contributed by atoms with Crippen molar-refractivity contribution in [3.05, 3.63) is 35.1 Å². The number of hydrogen-bond acceptors (Lipinski definition) is 3. The molecule has 0 unspecified atom stereocenters. The van der Waals surface area contributed by atoms with E-state index in [0.29, 0.717) is 18.2 Å². The lowest BCUT2D eigenvalue weighted by Crippen LogP contribution is -2.41. The number of carbonyl (C=O) groups excluding carboxylic acids is 1. The molecule has 0 heterocycles. The van der Waals surface area contributed by atoms with Gasteiger partial charge in [-0.25, -0.2) is 9.18 Å². The Balaban J connectivity index is 2.98. The summed E-state index contributed by atoms with van der Waals surface area (Å²) in [6, 6.07) is 0.710. The lowest BCUT2D eigenvalue weighted by Gasteiger charge is -2.23. The van der Waals surface area contributed by atoms with Gasteiger partial charge in [0.05, 0.1) is 12.0 Å². The fourth-order valence-electron chi connectivity index (χ4n) is 2.03. The van der Waals surface area contributed by atoms with Crippen molar-refractivity contribution in [2.75, 3.05) is 0 Å². The minimum absolute atomic E-state index is 0.350. The molecule has 0 aromatic heterocycles. The highest BCUT2D eigenvalue weighted by atomic mass is 19.4. The number of halogens is 4. The van der Waals surface area contributed by atoms with Crippen LogP contribution in [0, 0.1) is 5.82 Å². The molecule has 0 spiro atoms. The van der Waals surface area contributed by atoms with Crippen LogP contribution in [0.1, 0.15) is 38.3 Å². The zero-order valence-corrected chi connectivity index (χ0v) is 13.9. The van der Waals surface area contributed by atoms with Crippen LogP contribution in [-0.2, 0) is 22.1 Å². The Morgan fingerprint density at radius 1 is 1.24 bits per heavy atom. The Hall–Kier alpha value is -2.32. The Bertz CT molecular complexity index is 638. The van der Waals surface area contributed by atoms with E-state index >= 15 is 0 Å². The molecule has 1 amide bonds. The minimum Gasteiger partial charge on any atom is -0.481 e. The number of hydrogen-bond donors (Lipinski definition) is 2. The van der Waals surface area contributed by atoms with Gasteiger partial charge in [0, 0.05) is 6.04 Å². The van der Waals surface area contributed by atoms with Crippen LogP contribution in [-0.4, -0.2) is 28.8 Å². The highest BCUT2D eigenvalue weighted by molar-refractivity contribution is 5.71. The van der Waals surface area contributed by atoms with Crippen molar-refractivity contribution in [2.45, 2.75) is 51.4 Å². The second-order valence-electron chi connectivity index (χ2n) is 6.45. The summed E-state index contributed by atoms with van der Waals surface area (Å²) in [7, 11) is 0. The Labute approximate surface area is 142 Å². The predicted molar refractivity (Wildman–Crippen MR) is 80.5 cm³/mol. The van der Waals surface area contributed by atoms with E-state index in [2.05, 4.69) is 5.32 Å². The van der Waals surface area contributed by atoms with Crippen molar-refractivity contribution < 1.29 is 37.0 Å². The molecule has 9 heteroatoms. The Morgan fingerprint density at radius 3 is 2.32 bits per heavy atom. The summed E-state index contributed by atoms with van der Waals surface area (Å²) in [5, 5.41) is 11.1. The molecule has 1 aromatic rings. The van der Waals surface area contributed by atoms with Crippen molar-refractivity contribution in [2.24, 2.45) is 0 Å². The standard InChI is InChI=1S/C16H19F4NO4/c1-15(2,3)25-14(24)21-11(8-13(22)23)7-9-6-10(16(18,19)20)4-5-12(9)17/h4-6,11H,7-8H2,1-3H3,(H,21,24)(H,22,23)/t11-/m1/s1. The van der Waals surface area contributed by atoms with Gasteiger partial charge >= 0.3 is 18.2 Å². The van der Waals surface area contributed by atoms with E-state index < -0.39 is 54.1 Å². The molecule has 0 saturated heterocycles. The van der Waals surface area contributed by atoms with Crippen molar-refractivity contribution in [3.8, 4) is 0 Å². The quantitative estimate of drug-likeness (QED) is 0.779. The summed E-state index contributed by atoms with van der Waals surface area (Å²) in [4.78, 5) is 22.7. The van der Waals surface area contributed by atoms with E-state index in [1.54, 1.807) is 20.8 Å². The highest BCUT2D eigenvalue weighted by Crippen LogP contribution is 2.30. The summed E-state index contributed by atoms with van der Waals surface area (Å²) < 4.78 is 57.0. The number of carboxylic acids is 1. The van der Waals surface area contributed by atoms with Gasteiger partial charge in [0.1, 0.15) is 11.4 Å². The summed E-state index contributed by atoms with van der Waals surface area (Å²) in [5.74, 6) is -2.22. The van der Waals surface area contributed by atoms with E-state index in [9.17, 15) is 27.2 Å². The maximum atomic E-state index is 13.8. The van der Waals surface area contributed by atoms with Crippen molar-refractivity contribution in [1.82, 2.24) is 5.32 Å². The monoisotopic (exact) mass is 365 g/mol. The Kier molecular flexibility index (Phi) is 6.39. The van der Waals surface area contributed by atoms with Crippen LogP contribution in [0.3, 0.4) is 0 Å². The van der Waals surface area contributed by atoms with Crippen molar-refractivity contribution in [3.63, 3.8) is 0 Å². The van der Waals surface area contributed by atoms with Gasteiger partial charge in [-0.2, -0.15) is 13.2 Å². The van der Waals surface area contributed by atoms with Crippen LogP contribution in [0.15, 0.2) is 18.2 Å². The van der Waals surface area contributed by atoms with Crippen LogP contribution in [0.25, 0.3) is 0 Å². The van der Waals surface area contributed by atoms with Gasteiger partial charge < -0.3 is 15.2 Å². The maximum Gasteiger partial charge on any atom is 0.416 e. The summed E-state index contributed by atoms with van der Waals surface area (Å²) in [6.45, 7) is 4.77. The molecular formula is C16H19F4NO4. The van der Waals surface area contributed by atoms with E-state index in [1.165, 1.54) is 0 Å². The molecule has 1 rings (SSSR count). The third-order valence-electron chi connectivity index (χ3n) is 2.98. The number of alkyl halides is 3. The fourth-order valence-corrected chi connectivity index (χ4v) is 2.03. The molecular weight excluding hydrogens is 346 g/mol. The van der Waals surface area contributed by atoms with Crippen molar-refractivity contribution >= 4 is 12.1 Å². The zero-order valence-electron chi connectivity index (χ0n) is 13.9. The number of nitrogens with one attached hydrogen (secondary N) is 1. The van der Waals surface area contributed by atoms with Gasteiger partial charge in [-0.3, -0.25) is 4.79 Å². The molecule has 0 radical (unpaired) electrons. The molecule has 0 aliphatic rings. The van der Waals surface area contributed by atoms with Crippen LogP contribution in [0.5, 0.6) is 0 Å². The lowest BCUT2D eigenvalue weighted by molar-refractivity contribution is -0.138. The van der Waals surface area contributed by atoms with Crippen LogP contribution >= 0.6 is 0 Å². The van der Waals surface area contributed by atoms with Crippen LogP contribution in [0.4, 0.5) is 22.4 Å². The molecule has 1 aromatic carbocycles. The van der Waals surface area contributed by atoms with Gasteiger partial charge in [0.15, 0.2) is 0 Å². The molecule has 0 fully saturated rings. The number of benzene rings is 1. The van der Waals surface area contributed by atoms with Gasteiger partial charge in [-0.15, -0.1) is 0 Å². The van der Waals surface area contributed by atoms with Gasteiger partial charge in [0.25, 0.3) is 0 Å². The minimum atomic E-state index is -4.66.